The van der Waals surface area contributed by atoms with Crippen molar-refractivity contribution in [1.29, 1.82) is 0 Å². The molecule has 0 spiro atoms. The van der Waals surface area contributed by atoms with Crippen molar-refractivity contribution in [1.82, 2.24) is 9.78 Å². The Morgan fingerprint density at radius 3 is 2.65 bits per heavy atom. The first-order valence-electron chi connectivity index (χ1n) is 6.11. The second-order valence-corrected chi connectivity index (χ2v) is 4.99. The lowest BCUT2D eigenvalue weighted by molar-refractivity contribution is 0.104. The van der Waals surface area contributed by atoms with Gasteiger partial charge in [-0.2, -0.15) is 5.10 Å². The SMILES string of the molecule is Cc1nn(C)c(C)c1C(=O)/C=C/c1ccc(O)c(Cl)c1. The normalized spacial score (nSPS) is 11.2. The Balaban J connectivity index is 2.27. The van der Waals surface area contributed by atoms with Crippen molar-refractivity contribution in [3.63, 3.8) is 0 Å². The summed E-state index contributed by atoms with van der Waals surface area (Å²) in [6.45, 7) is 3.67. The Morgan fingerprint density at radius 2 is 2.10 bits per heavy atom. The highest BCUT2D eigenvalue weighted by Gasteiger charge is 2.14. The van der Waals surface area contributed by atoms with Crippen LogP contribution in [0.5, 0.6) is 5.75 Å². The molecule has 0 atom stereocenters. The molecular weight excluding hydrogens is 276 g/mol. The van der Waals surface area contributed by atoms with E-state index in [-0.39, 0.29) is 16.6 Å². The van der Waals surface area contributed by atoms with E-state index in [0.717, 1.165) is 11.3 Å². The van der Waals surface area contributed by atoms with E-state index >= 15 is 0 Å². The number of aromatic nitrogens is 2. The molecule has 0 bridgehead atoms. The number of phenols is 1. The van der Waals surface area contributed by atoms with E-state index in [1.165, 1.54) is 12.1 Å². The van der Waals surface area contributed by atoms with Crippen LogP contribution in [0, 0.1) is 13.8 Å². The standard InChI is InChI=1S/C15H15ClN2O2/c1-9-15(10(2)18(3)17-9)14(20)7-5-11-4-6-13(19)12(16)8-11/h4-8,19H,1-3H3/b7-5+. The molecule has 1 aromatic heterocycles. The van der Waals surface area contributed by atoms with Crippen molar-refractivity contribution in [3.05, 3.63) is 51.8 Å². The number of allylic oxidation sites excluding steroid dienone is 1. The van der Waals surface area contributed by atoms with Gasteiger partial charge in [0.1, 0.15) is 5.75 Å². The number of nitrogens with zero attached hydrogens (tertiary/aromatic N) is 2. The Kier molecular flexibility index (Phi) is 3.95. The van der Waals surface area contributed by atoms with Crippen LogP contribution >= 0.6 is 11.6 Å². The van der Waals surface area contributed by atoms with Crippen LogP contribution in [0.25, 0.3) is 6.08 Å². The summed E-state index contributed by atoms with van der Waals surface area (Å²) in [7, 11) is 1.81. The number of ketones is 1. The number of hydrogen-bond donors (Lipinski definition) is 1. The van der Waals surface area contributed by atoms with Gasteiger partial charge in [0.15, 0.2) is 5.78 Å². The van der Waals surface area contributed by atoms with Crippen molar-refractivity contribution in [2.24, 2.45) is 7.05 Å². The number of benzene rings is 1. The molecular formula is C15H15ClN2O2. The molecule has 2 aromatic rings. The average Bonchev–Trinajstić information content (AvgIpc) is 2.64. The molecule has 0 unspecified atom stereocenters. The number of aromatic hydroxyl groups is 1. The summed E-state index contributed by atoms with van der Waals surface area (Å²) in [5.41, 5.74) is 2.92. The van der Waals surface area contributed by atoms with Gasteiger partial charge < -0.3 is 5.11 Å². The molecule has 5 heteroatoms. The largest absolute Gasteiger partial charge is 0.506 e. The lowest BCUT2D eigenvalue weighted by Crippen LogP contribution is -1.99. The third-order valence-electron chi connectivity index (χ3n) is 3.15. The van der Waals surface area contributed by atoms with Gasteiger partial charge in [-0.05, 0) is 37.6 Å². The Labute approximate surface area is 122 Å². The number of phenolic OH excluding ortho intramolecular Hbond substituents is 1. The molecule has 1 N–H and O–H groups in total. The lowest BCUT2D eigenvalue weighted by atomic mass is 10.1. The fourth-order valence-electron chi connectivity index (χ4n) is 2.01. The van der Waals surface area contributed by atoms with Gasteiger partial charge in [-0.15, -0.1) is 0 Å². The first-order valence-corrected chi connectivity index (χ1v) is 6.49. The molecule has 0 saturated carbocycles. The van der Waals surface area contributed by atoms with E-state index in [4.69, 9.17) is 11.6 Å². The molecule has 0 fully saturated rings. The minimum Gasteiger partial charge on any atom is -0.506 e. The maximum Gasteiger partial charge on any atom is 0.189 e. The summed E-state index contributed by atoms with van der Waals surface area (Å²) < 4.78 is 1.69. The first-order chi connectivity index (χ1) is 9.40. The molecule has 0 amide bonds. The molecule has 0 aliphatic rings. The van der Waals surface area contributed by atoms with Crippen LogP contribution in [0.15, 0.2) is 24.3 Å². The first kappa shape index (κ1) is 14.3. The third-order valence-corrected chi connectivity index (χ3v) is 3.46. The van der Waals surface area contributed by atoms with Gasteiger partial charge in [0, 0.05) is 12.7 Å². The molecule has 0 aliphatic carbocycles. The minimum atomic E-state index is -0.0997. The number of halogens is 1. The van der Waals surface area contributed by atoms with Crippen molar-refractivity contribution in [2.75, 3.05) is 0 Å². The number of rotatable bonds is 3. The molecule has 1 heterocycles. The fraction of sp³-hybridized carbons (Fsp3) is 0.200. The van der Waals surface area contributed by atoms with E-state index in [9.17, 15) is 9.90 Å². The molecule has 4 nitrogen and oxygen atoms in total. The van der Waals surface area contributed by atoms with E-state index in [0.29, 0.717) is 11.3 Å². The third kappa shape index (κ3) is 2.75. The summed E-state index contributed by atoms with van der Waals surface area (Å²) >= 11 is 5.82. The van der Waals surface area contributed by atoms with Crippen molar-refractivity contribution >= 4 is 23.5 Å². The number of hydrogen-bond acceptors (Lipinski definition) is 3. The molecule has 20 heavy (non-hydrogen) atoms. The highest BCUT2D eigenvalue weighted by molar-refractivity contribution is 6.32. The molecule has 0 radical (unpaired) electrons. The number of aryl methyl sites for hydroxylation is 2. The zero-order chi connectivity index (χ0) is 14.9. The van der Waals surface area contributed by atoms with Gasteiger partial charge >= 0.3 is 0 Å². The summed E-state index contributed by atoms with van der Waals surface area (Å²) in [6.07, 6.45) is 3.15. The van der Waals surface area contributed by atoms with Crippen LogP contribution in [-0.2, 0) is 7.05 Å². The Morgan fingerprint density at radius 1 is 1.40 bits per heavy atom. The molecule has 0 saturated heterocycles. The van der Waals surface area contributed by atoms with Crippen molar-refractivity contribution in [3.8, 4) is 5.75 Å². The highest BCUT2D eigenvalue weighted by Crippen LogP contribution is 2.24. The van der Waals surface area contributed by atoms with Gasteiger partial charge in [0.2, 0.25) is 0 Å². The van der Waals surface area contributed by atoms with Crippen molar-refractivity contribution < 1.29 is 9.90 Å². The van der Waals surface area contributed by atoms with E-state index in [2.05, 4.69) is 5.10 Å². The van der Waals surface area contributed by atoms with Gasteiger partial charge in [0.05, 0.1) is 16.3 Å². The Hall–Kier alpha value is -2.07. The monoisotopic (exact) mass is 290 g/mol. The average molecular weight is 291 g/mol. The second kappa shape index (κ2) is 5.51. The molecule has 2 rings (SSSR count). The van der Waals surface area contributed by atoms with Crippen molar-refractivity contribution in [2.45, 2.75) is 13.8 Å². The van der Waals surface area contributed by atoms with Crippen LogP contribution in [-0.4, -0.2) is 20.7 Å². The van der Waals surface area contributed by atoms with E-state index < -0.39 is 0 Å². The summed E-state index contributed by atoms with van der Waals surface area (Å²) in [5, 5.41) is 13.8. The smallest absolute Gasteiger partial charge is 0.189 e. The predicted molar refractivity (Wildman–Crippen MR) is 79.2 cm³/mol. The zero-order valence-corrected chi connectivity index (χ0v) is 12.3. The van der Waals surface area contributed by atoms with Crippen LogP contribution in [0.4, 0.5) is 0 Å². The molecule has 104 valence electrons. The lowest BCUT2D eigenvalue weighted by Gasteiger charge is -1.99. The maximum absolute atomic E-state index is 12.2. The maximum atomic E-state index is 12.2. The fourth-order valence-corrected chi connectivity index (χ4v) is 2.20. The minimum absolute atomic E-state index is 0.0223. The van der Waals surface area contributed by atoms with E-state index in [1.54, 1.807) is 22.9 Å². The topological polar surface area (TPSA) is 55.1 Å². The quantitative estimate of drug-likeness (QED) is 0.697. The van der Waals surface area contributed by atoms with Crippen LogP contribution in [0.3, 0.4) is 0 Å². The number of carbonyl (C=O) groups excluding carboxylic acids is 1. The summed E-state index contributed by atoms with van der Waals surface area (Å²) in [6, 6.07) is 4.78. The van der Waals surface area contributed by atoms with Gasteiger partial charge in [-0.1, -0.05) is 23.7 Å². The number of carbonyl (C=O) groups is 1. The summed E-state index contributed by atoms with van der Waals surface area (Å²) in [4.78, 5) is 12.2. The van der Waals surface area contributed by atoms with Crippen LogP contribution in [0.2, 0.25) is 5.02 Å². The summed E-state index contributed by atoms with van der Waals surface area (Å²) in [5.74, 6) is -0.0774. The van der Waals surface area contributed by atoms with Crippen LogP contribution < -0.4 is 0 Å². The predicted octanol–water partition coefficient (Wildman–Crippen LogP) is 3.29. The Bertz CT molecular complexity index is 702. The van der Waals surface area contributed by atoms with Gasteiger partial charge in [-0.3, -0.25) is 9.48 Å². The molecule has 0 aliphatic heterocycles. The zero-order valence-electron chi connectivity index (χ0n) is 11.5. The van der Waals surface area contributed by atoms with Crippen LogP contribution in [0.1, 0.15) is 27.3 Å². The highest BCUT2D eigenvalue weighted by atomic mass is 35.5. The van der Waals surface area contributed by atoms with E-state index in [1.807, 2.05) is 20.9 Å². The second-order valence-electron chi connectivity index (χ2n) is 4.58. The van der Waals surface area contributed by atoms with Gasteiger partial charge in [-0.25, -0.2) is 0 Å². The van der Waals surface area contributed by atoms with Gasteiger partial charge in [0.25, 0.3) is 0 Å². The molecule has 1 aromatic carbocycles.